The van der Waals surface area contributed by atoms with Crippen LogP contribution < -0.4 is 10.2 Å². The van der Waals surface area contributed by atoms with E-state index in [1.54, 1.807) is 12.1 Å². The first kappa shape index (κ1) is 16.1. The van der Waals surface area contributed by atoms with Gasteiger partial charge in [0, 0.05) is 24.8 Å². The average Bonchev–Trinajstić information content (AvgIpc) is 2.62. The molecule has 1 aliphatic heterocycles. The van der Waals surface area contributed by atoms with Crippen molar-refractivity contribution in [2.24, 2.45) is 5.92 Å². The molecule has 1 unspecified atom stereocenters. The molecular formula is C16H23F3N2. The fraction of sp³-hybridized carbons (Fsp3) is 0.625. The zero-order valence-corrected chi connectivity index (χ0v) is 12.6. The van der Waals surface area contributed by atoms with Crippen LogP contribution in [0.25, 0.3) is 0 Å². The van der Waals surface area contributed by atoms with E-state index in [1.165, 1.54) is 12.1 Å². The van der Waals surface area contributed by atoms with E-state index in [-0.39, 0.29) is 6.04 Å². The monoisotopic (exact) mass is 300 g/mol. The molecule has 0 saturated carbocycles. The van der Waals surface area contributed by atoms with Crippen LogP contribution in [0.1, 0.15) is 32.3 Å². The van der Waals surface area contributed by atoms with E-state index in [1.807, 2.05) is 4.90 Å². The van der Waals surface area contributed by atoms with Crippen LogP contribution in [-0.4, -0.2) is 25.7 Å². The molecule has 1 aromatic rings. The number of nitrogens with one attached hydrogen (secondary N) is 1. The Balaban J connectivity index is 2.23. The Bertz CT molecular complexity index is 457. The first-order valence-corrected chi connectivity index (χ1v) is 7.52. The summed E-state index contributed by atoms with van der Waals surface area (Å²) in [4.78, 5) is 1.88. The van der Waals surface area contributed by atoms with E-state index in [9.17, 15) is 13.2 Å². The topological polar surface area (TPSA) is 15.3 Å². The van der Waals surface area contributed by atoms with Crippen LogP contribution in [0.5, 0.6) is 0 Å². The van der Waals surface area contributed by atoms with Crippen LogP contribution in [0.3, 0.4) is 0 Å². The SMILES string of the molecule is CC(C)CC1CN(c2ccccc2C(F)(F)F)CCCN1. The normalized spacial score (nSPS) is 20.7. The van der Waals surface area contributed by atoms with Crippen LogP contribution in [0.15, 0.2) is 24.3 Å². The lowest BCUT2D eigenvalue weighted by atomic mass is 10.0. The molecule has 0 spiro atoms. The van der Waals surface area contributed by atoms with E-state index in [2.05, 4.69) is 19.2 Å². The molecule has 0 aliphatic carbocycles. The summed E-state index contributed by atoms with van der Waals surface area (Å²) in [6, 6.07) is 6.13. The van der Waals surface area contributed by atoms with Gasteiger partial charge in [-0.3, -0.25) is 0 Å². The zero-order chi connectivity index (χ0) is 15.5. The van der Waals surface area contributed by atoms with Gasteiger partial charge in [-0.1, -0.05) is 26.0 Å². The first-order valence-electron chi connectivity index (χ1n) is 7.52. The Morgan fingerprint density at radius 1 is 1.29 bits per heavy atom. The lowest BCUT2D eigenvalue weighted by molar-refractivity contribution is -0.137. The minimum Gasteiger partial charge on any atom is -0.369 e. The highest BCUT2D eigenvalue weighted by atomic mass is 19.4. The van der Waals surface area contributed by atoms with E-state index in [0.717, 1.165) is 19.4 Å². The lowest BCUT2D eigenvalue weighted by Gasteiger charge is -2.29. The summed E-state index contributed by atoms with van der Waals surface area (Å²) < 4.78 is 39.5. The Hall–Kier alpha value is -1.23. The number of halogens is 3. The second-order valence-electron chi connectivity index (χ2n) is 6.10. The van der Waals surface area contributed by atoms with Crippen molar-refractivity contribution in [1.82, 2.24) is 5.32 Å². The molecule has 1 heterocycles. The van der Waals surface area contributed by atoms with Crippen molar-refractivity contribution < 1.29 is 13.2 Å². The zero-order valence-electron chi connectivity index (χ0n) is 12.6. The molecule has 0 aromatic heterocycles. The number of rotatable bonds is 3. The lowest BCUT2D eigenvalue weighted by Crippen LogP contribution is -2.39. The van der Waals surface area contributed by atoms with Crippen molar-refractivity contribution in [1.29, 1.82) is 0 Å². The van der Waals surface area contributed by atoms with Gasteiger partial charge in [-0.25, -0.2) is 0 Å². The van der Waals surface area contributed by atoms with E-state index < -0.39 is 11.7 Å². The Labute approximate surface area is 124 Å². The van der Waals surface area contributed by atoms with Crippen molar-refractivity contribution in [2.45, 2.75) is 38.9 Å². The van der Waals surface area contributed by atoms with Crippen molar-refractivity contribution in [3.05, 3.63) is 29.8 Å². The van der Waals surface area contributed by atoms with E-state index >= 15 is 0 Å². The van der Waals surface area contributed by atoms with Crippen molar-refractivity contribution >= 4 is 5.69 Å². The van der Waals surface area contributed by atoms with Gasteiger partial charge in [0.2, 0.25) is 0 Å². The summed E-state index contributed by atoms with van der Waals surface area (Å²) in [6.07, 6.45) is -2.46. The van der Waals surface area contributed by atoms with Crippen molar-refractivity contribution in [3.63, 3.8) is 0 Å². The molecule has 1 atom stereocenters. The standard InChI is InChI=1S/C16H23F3N2/c1-12(2)10-13-11-21(9-5-8-20-13)15-7-4-3-6-14(15)16(17,18)19/h3-4,6-7,12-13,20H,5,8-11H2,1-2H3. The molecule has 0 amide bonds. The van der Waals surface area contributed by atoms with Crippen LogP contribution in [0, 0.1) is 5.92 Å². The maximum Gasteiger partial charge on any atom is 0.418 e. The Morgan fingerprint density at radius 2 is 2.00 bits per heavy atom. The van der Waals surface area contributed by atoms with Gasteiger partial charge < -0.3 is 10.2 Å². The Kier molecular flexibility index (Phi) is 5.14. The highest BCUT2D eigenvalue weighted by Crippen LogP contribution is 2.36. The van der Waals surface area contributed by atoms with Gasteiger partial charge in [0.05, 0.1) is 5.56 Å². The number of alkyl halides is 3. The van der Waals surface area contributed by atoms with Gasteiger partial charge in [-0.05, 0) is 37.4 Å². The molecule has 1 aliphatic rings. The second-order valence-corrected chi connectivity index (χ2v) is 6.10. The maximum absolute atomic E-state index is 13.2. The van der Waals surface area contributed by atoms with Gasteiger partial charge in [-0.15, -0.1) is 0 Å². The van der Waals surface area contributed by atoms with Gasteiger partial charge in [0.25, 0.3) is 0 Å². The van der Waals surface area contributed by atoms with Gasteiger partial charge in [0.1, 0.15) is 0 Å². The van der Waals surface area contributed by atoms with Crippen molar-refractivity contribution in [3.8, 4) is 0 Å². The number of benzene rings is 1. The summed E-state index contributed by atoms with van der Waals surface area (Å²) in [7, 11) is 0. The highest BCUT2D eigenvalue weighted by Gasteiger charge is 2.35. The second kappa shape index (κ2) is 6.69. The highest BCUT2D eigenvalue weighted by molar-refractivity contribution is 5.55. The molecule has 2 nitrogen and oxygen atoms in total. The smallest absolute Gasteiger partial charge is 0.369 e. The van der Waals surface area contributed by atoms with Gasteiger partial charge in [0.15, 0.2) is 0 Å². The van der Waals surface area contributed by atoms with Crippen LogP contribution in [-0.2, 0) is 6.18 Å². The summed E-state index contributed by atoms with van der Waals surface area (Å²) >= 11 is 0. The van der Waals surface area contributed by atoms with Crippen LogP contribution in [0.4, 0.5) is 18.9 Å². The number of hydrogen-bond donors (Lipinski definition) is 1. The van der Waals surface area contributed by atoms with Gasteiger partial charge >= 0.3 is 6.18 Å². The molecule has 1 fully saturated rings. The van der Waals surface area contributed by atoms with E-state index in [4.69, 9.17) is 0 Å². The number of hydrogen-bond acceptors (Lipinski definition) is 2. The minimum atomic E-state index is -4.30. The quantitative estimate of drug-likeness (QED) is 0.910. The fourth-order valence-electron chi connectivity index (χ4n) is 2.93. The predicted octanol–water partition coefficient (Wildman–Crippen LogP) is 3.92. The molecule has 2 rings (SSSR count). The summed E-state index contributed by atoms with van der Waals surface area (Å²) in [5.41, 5.74) is -0.224. The summed E-state index contributed by atoms with van der Waals surface area (Å²) in [5.74, 6) is 0.528. The van der Waals surface area contributed by atoms with E-state index in [0.29, 0.717) is 24.7 Å². The molecule has 0 radical (unpaired) electrons. The fourth-order valence-corrected chi connectivity index (χ4v) is 2.93. The Morgan fingerprint density at radius 3 is 2.67 bits per heavy atom. The first-order chi connectivity index (χ1) is 9.88. The van der Waals surface area contributed by atoms with Crippen LogP contribution >= 0.6 is 0 Å². The number of anilines is 1. The molecule has 1 saturated heterocycles. The molecular weight excluding hydrogens is 277 g/mol. The van der Waals surface area contributed by atoms with Crippen molar-refractivity contribution in [2.75, 3.05) is 24.5 Å². The average molecular weight is 300 g/mol. The molecule has 5 heteroatoms. The predicted molar refractivity (Wildman–Crippen MR) is 79.5 cm³/mol. The third-order valence-electron chi connectivity index (χ3n) is 3.78. The maximum atomic E-state index is 13.2. The number of para-hydroxylation sites is 1. The largest absolute Gasteiger partial charge is 0.418 e. The third-order valence-corrected chi connectivity index (χ3v) is 3.78. The third kappa shape index (κ3) is 4.37. The molecule has 118 valence electrons. The minimum absolute atomic E-state index is 0.244. The van der Waals surface area contributed by atoms with Crippen LogP contribution in [0.2, 0.25) is 0 Å². The van der Waals surface area contributed by atoms with Gasteiger partial charge in [-0.2, -0.15) is 13.2 Å². The number of nitrogens with zero attached hydrogens (tertiary/aromatic N) is 1. The molecule has 0 bridgehead atoms. The summed E-state index contributed by atoms with van der Waals surface area (Å²) in [6.45, 7) is 6.43. The molecule has 1 aromatic carbocycles. The summed E-state index contributed by atoms with van der Waals surface area (Å²) in [5, 5.41) is 3.45. The molecule has 21 heavy (non-hydrogen) atoms. The molecule has 1 N–H and O–H groups in total.